The van der Waals surface area contributed by atoms with Crippen LogP contribution in [0.25, 0.3) is 0 Å². The quantitative estimate of drug-likeness (QED) is 0.438. The number of carbonyl (C=O) groups excluding carboxylic acids is 3. The van der Waals surface area contributed by atoms with Crippen LogP contribution in [0, 0.1) is 0 Å². The highest BCUT2D eigenvalue weighted by atomic mass is 16.6. The lowest BCUT2D eigenvalue weighted by Crippen LogP contribution is -2.43. The van der Waals surface area contributed by atoms with Gasteiger partial charge in [0, 0.05) is 18.5 Å². The van der Waals surface area contributed by atoms with Gasteiger partial charge in [-0.2, -0.15) is 0 Å². The Morgan fingerprint density at radius 2 is 1.76 bits per heavy atom. The molecule has 0 aromatic heterocycles. The predicted molar refractivity (Wildman–Crippen MR) is 92.2 cm³/mol. The second-order valence-electron chi connectivity index (χ2n) is 8.00. The van der Waals surface area contributed by atoms with E-state index >= 15 is 0 Å². The average molecular weight is 355 g/mol. The van der Waals surface area contributed by atoms with Crippen molar-refractivity contribution in [1.82, 2.24) is 4.90 Å². The third-order valence-electron chi connectivity index (χ3n) is 3.54. The van der Waals surface area contributed by atoms with Crippen LogP contribution in [0.4, 0.5) is 4.79 Å². The molecule has 0 saturated carbocycles. The van der Waals surface area contributed by atoms with Crippen LogP contribution in [0.3, 0.4) is 0 Å². The van der Waals surface area contributed by atoms with Gasteiger partial charge in [0.15, 0.2) is 0 Å². The molecule has 0 bridgehead atoms. The van der Waals surface area contributed by atoms with Crippen molar-refractivity contribution in [2.75, 3.05) is 20.3 Å². The Labute approximate surface area is 149 Å². The Balaban J connectivity index is 3.05. The molecule has 1 atom stereocenters. The zero-order valence-corrected chi connectivity index (χ0v) is 16.2. The largest absolute Gasteiger partial charge is 0.467 e. The first kappa shape index (κ1) is 21.2. The number of likely N-dealkylation sites (tertiary alicyclic amines) is 1. The minimum Gasteiger partial charge on any atom is -0.467 e. The monoisotopic (exact) mass is 355 g/mol. The van der Waals surface area contributed by atoms with E-state index in [2.05, 4.69) is 0 Å². The molecule has 0 spiro atoms. The van der Waals surface area contributed by atoms with E-state index in [1.54, 1.807) is 20.8 Å². The molecule has 0 aromatic carbocycles. The number of ether oxygens (including phenoxy) is 3. The molecule has 1 fully saturated rings. The summed E-state index contributed by atoms with van der Waals surface area (Å²) < 4.78 is 15.8. The molecule has 1 heterocycles. The Bertz CT molecular complexity index is 553. The van der Waals surface area contributed by atoms with Crippen LogP contribution >= 0.6 is 0 Å². The van der Waals surface area contributed by atoms with Gasteiger partial charge in [-0.1, -0.05) is 0 Å². The van der Waals surface area contributed by atoms with E-state index in [-0.39, 0.29) is 19.6 Å². The number of rotatable bonds is 4. The Hall–Kier alpha value is -1.89. The molecule has 0 N–H and O–H groups in total. The number of esters is 1. The summed E-state index contributed by atoms with van der Waals surface area (Å²) in [5.74, 6) is -0.539. The van der Waals surface area contributed by atoms with Crippen LogP contribution in [0.15, 0.2) is 11.1 Å². The maximum absolute atomic E-state index is 12.4. The molecule has 0 radical (unpaired) electrons. The van der Waals surface area contributed by atoms with E-state index in [0.717, 1.165) is 0 Å². The first-order chi connectivity index (χ1) is 11.4. The third-order valence-corrected chi connectivity index (χ3v) is 3.54. The number of hydrogen-bond acceptors (Lipinski definition) is 6. The van der Waals surface area contributed by atoms with Crippen LogP contribution in [0.1, 0.15) is 48.0 Å². The normalized spacial score (nSPS) is 20.3. The first-order valence-corrected chi connectivity index (χ1v) is 8.25. The van der Waals surface area contributed by atoms with Gasteiger partial charge in [-0.25, -0.2) is 9.59 Å². The minimum atomic E-state index is -0.806. The Morgan fingerprint density at radius 1 is 1.16 bits per heavy atom. The van der Waals surface area contributed by atoms with Crippen molar-refractivity contribution in [3.63, 3.8) is 0 Å². The number of nitrogens with zero attached hydrogens (tertiary/aromatic N) is 1. The predicted octanol–water partition coefficient (Wildman–Crippen LogP) is 2.48. The van der Waals surface area contributed by atoms with Crippen LogP contribution in [0.5, 0.6) is 0 Å². The molecule has 1 saturated heterocycles. The Kier molecular flexibility index (Phi) is 6.76. The van der Waals surface area contributed by atoms with Crippen molar-refractivity contribution < 1.29 is 28.6 Å². The SMILES string of the molecule is COC(=O)[C@H]1C/C(=C(/C=O)COC(C)(C)C)CN1C(=O)OC(C)(C)C. The van der Waals surface area contributed by atoms with E-state index in [4.69, 9.17) is 14.2 Å². The van der Waals surface area contributed by atoms with Gasteiger partial charge in [0.1, 0.15) is 17.9 Å². The summed E-state index contributed by atoms with van der Waals surface area (Å²) in [4.78, 5) is 37.2. The average Bonchev–Trinajstić information content (AvgIpc) is 2.89. The van der Waals surface area contributed by atoms with Crippen LogP contribution in [0.2, 0.25) is 0 Å². The molecule has 1 amide bonds. The number of hydrogen-bond donors (Lipinski definition) is 0. The molecular weight excluding hydrogens is 326 g/mol. The fourth-order valence-corrected chi connectivity index (χ4v) is 2.33. The van der Waals surface area contributed by atoms with Crippen molar-refractivity contribution in [2.45, 2.75) is 65.2 Å². The molecule has 25 heavy (non-hydrogen) atoms. The molecule has 0 unspecified atom stereocenters. The van der Waals surface area contributed by atoms with Gasteiger partial charge in [-0.3, -0.25) is 9.69 Å². The highest BCUT2D eigenvalue weighted by Gasteiger charge is 2.40. The zero-order chi connectivity index (χ0) is 19.4. The van der Waals surface area contributed by atoms with Crippen molar-refractivity contribution in [3.8, 4) is 0 Å². The van der Waals surface area contributed by atoms with E-state index in [1.165, 1.54) is 12.0 Å². The second kappa shape index (κ2) is 7.99. The van der Waals surface area contributed by atoms with Gasteiger partial charge in [-0.15, -0.1) is 0 Å². The van der Waals surface area contributed by atoms with Gasteiger partial charge in [0.25, 0.3) is 0 Å². The molecule has 1 aliphatic heterocycles. The highest BCUT2D eigenvalue weighted by Crippen LogP contribution is 2.28. The highest BCUT2D eigenvalue weighted by molar-refractivity contribution is 5.84. The van der Waals surface area contributed by atoms with Crippen molar-refractivity contribution in [2.24, 2.45) is 0 Å². The third kappa shape index (κ3) is 6.49. The fourth-order valence-electron chi connectivity index (χ4n) is 2.33. The lowest BCUT2D eigenvalue weighted by Gasteiger charge is -2.27. The van der Waals surface area contributed by atoms with E-state index in [9.17, 15) is 14.4 Å². The van der Waals surface area contributed by atoms with Crippen molar-refractivity contribution in [3.05, 3.63) is 11.1 Å². The summed E-state index contributed by atoms with van der Waals surface area (Å²) in [6.45, 7) is 11.2. The van der Waals surface area contributed by atoms with Gasteiger partial charge in [0.05, 0.1) is 19.3 Å². The van der Waals surface area contributed by atoms with Gasteiger partial charge in [-0.05, 0) is 47.1 Å². The van der Waals surface area contributed by atoms with Crippen LogP contribution in [-0.2, 0) is 23.8 Å². The summed E-state index contributed by atoms with van der Waals surface area (Å²) in [6.07, 6.45) is 0.335. The van der Waals surface area contributed by atoms with Crippen molar-refractivity contribution >= 4 is 18.3 Å². The van der Waals surface area contributed by atoms with Crippen LogP contribution < -0.4 is 0 Å². The van der Waals surface area contributed by atoms with Gasteiger partial charge < -0.3 is 14.2 Å². The summed E-state index contributed by atoms with van der Waals surface area (Å²) in [7, 11) is 1.26. The first-order valence-electron chi connectivity index (χ1n) is 8.25. The second-order valence-corrected chi connectivity index (χ2v) is 8.00. The summed E-state index contributed by atoms with van der Waals surface area (Å²) in [5, 5.41) is 0. The number of carbonyl (C=O) groups is 3. The lowest BCUT2D eigenvalue weighted by molar-refractivity contribution is -0.145. The molecule has 1 aliphatic rings. The maximum Gasteiger partial charge on any atom is 0.411 e. The Morgan fingerprint density at radius 3 is 2.20 bits per heavy atom. The molecule has 142 valence electrons. The number of amides is 1. The standard InChI is InChI=1S/C18H29NO6/c1-17(2,3)24-11-13(10-20)12-8-14(15(21)23-7)19(9-12)16(22)25-18(4,5)6/h10,14H,8-9,11H2,1-7H3/b13-12+/t14-/m1/s1. The van der Waals surface area contributed by atoms with E-state index in [1.807, 2.05) is 20.8 Å². The molecule has 0 aliphatic carbocycles. The summed E-state index contributed by atoms with van der Waals surface area (Å²) >= 11 is 0. The van der Waals surface area contributed by atoms with Crippen molar-refractivity contribution in [1.29, 1.82) is 0 Å². The topological polar surface area (TPSA) is 82.1 Å². The summed E-state index contributed by atoms with van der Waals surface area (Å²) in [5.41, 5.74) is 0.0305. The molecule has 1 rings (SSSR count). The van der Waals surface area contributed by atoms with Gasteiger partial charge >= 0.3 is 12.1 Å². The molecule has 7 heteroatoms. The summed E-state index contributed by atoms with van der Waals surface area (Å²) in [6, 6.07) is -0.806. The molecule has 7 nitrogen and oxygen atoms in total. The molecular formula is C18H29NO6. The number of aldehydes is 1. The fraction of sp³-hybridized carbons (Fsp3) is 0.722. The maximum atomic E-state index is 12.4. The minimum absolute atomic E-state index is 0.123. The number of methoxy groups -OCH3 is 1. The smallest absolute Gasteiger partial charge is 0.411 e. The van der Waals surface area contributed by atoms with E-state index in [0.29, 0.717) is 17.4 Å². The molecule has 0 aromatic rings. The van der Waals surface area contributed by atoms with Gasteiger partial charge in [0.2, 0.25) is 0 Å². The lowest BCUT2D eigenvalue weighted by atomic mass is 10.1. The zero-order valence-electron chi connectivity index (χ0n) is 16.2. The van der Waals surface area contributed by atoms with E-state index < -0.39 is 29.3 Å². The van der Waals surface area contributed by atoms with Crippen LogP contribution in [-0.4, -0.2) is 60.8 Å².